The Balaban J connectivity index is 0.000000181. The quantitative estimate of drug-likeness (QED) is 0.796. The molecule has 4 heteroatoms. The van der Waals surface area contributed by atoms with Crippen LogP contribution >= 0.6 is 0 Å². The molecule has 1 fully saturated rings. The molecule has 2 rings (SSSR count). The highest BCUT2D eigenvalue weighted by atomic mass is 16.6. The van der Waals surface area contributed by atoms with Gasteiger partial charge in [0.2, 0.25) is 5.91 Å². The van der Waals surface area contributed by atoms with Crippen LogP contribution < -0.4 is 4.74 Å². The largest absolute Gasteiger partial charge is 0.465 e. The molecule has 94 valence electrons. The second-order valence-corrected chi connectivity index (χ2v) is 3.95. The Bertz CT molecular complexity index is 338. The van der Waals surface area contributed by atoms with Crippen LogP contribution in [0.2, 0.25) is 0 Å². The number of likely N-dealkylation sites (tertiary alicyclic amines) is 1. The molecular formula is C13H19NO3. The van der Waals surface area contributed by atoms with Gasteiger partial charge in [0.1, 0.15) is 5.75 Å². The number of hydrogen-bond donors (Lipinski definition) is 1. The van der Waals surface area contributed by atoms with E-state index >= 15 is 0 Å². The van der Waals surface area contributed by atoms with E-state index in [1.165, 1.54) is 0 Å². The van der Waals surface area contributed by atoms with E-state index in [1.807, 2.05) is 25.2 Å². The number of aliphatic hydroxyl groups excluding tert-OH is 1. The molecule has 1 N–H and O–H groups in total. The van der Waals surface area contributed by atoms with Crippen LogP contribution in [-0.2, 0) is 4.79 Å². The molecule has 1 aromatic carbocycles. The zero-order valence-corrected chi connectivity index (χ0v) is 10.3. The highest BCUT2D eigenvalue weighted by molar-refractivity contribution is 5.77. The predicted molar refractivity (Wildman–Crippen MR) is 65.6 cm³/mol. The van der Waals surface area contributed by atoms with E-state index in [2.05, 4.69) is 0 Å². The second-order valence-electron chi connectivity index (χ2n) is 3.95. The SMILES string of the molecule is CC(O)Oc1ccccc1.CN1CCCC1=O. The van der Waals surface area contributed by atoms with Crippen LogP contribution in [0.25, 0.3) is 0 Å². The minimum absolute atomic E-state index is 0.292. The van der Waals surface area contributed by atoms with E-state index < -0.39 is 6.29 Å². The number of aliphatic hydroxyl groups is 1. The summed E-state index contributed by atoms with van der Waals surface area (Å²) in [5.41, 5.74) is 0. The van der Waals surface area contributed by atoms with Gasteiger partial charge >= 0.3 is 0 Å². The number of nitrogens with zero attached hydrogens (tertiary/aromatic N) is 1. The monoisotopic (exact) mass is 237 g/mol. The van der Waals surface area contributed by atoms with Crippen LogP contribution in [-0.4, -0.2) is 35.8 Å². The maximum absolute atomic E-state index is 10.5. The first kappa shape index (κ1) is 13.5. The summed E-state index contributed by atoms with van der Waals surface area (Å²) >= 11 is 0. The number of amides is 1. The van der Waals surface area contributed by atoms with Crippen molar-refractivity contribution >= 4 is 5.91 Å². The van der Waals surface area contributed by atoms with E-state index in [-0.39, 0.29) is 0 Å². The molecule has 1 saturated heterocycles. The van der Waals surface area contributed by atoms with E-state index in [0.717, 1.165) is 19.4 Å². The Labute approximate surface area is 102 Å². The number of carbonyl (C=O) groups excluding carboxylic acids is 1. The topological polar surface area (TPSA) is 49.8 Å². The molecule has 0 spiro atoms. The molecule has 0 saturated carbocycles. The first-order valence-corrected chi connectivity index (χ1v) is 5.73. The Morgan fingerprint density at radius 3 is 2.35 bits per heavy atom. The van der Waals surface area contributed by atoms with Crippen LogP contribution in [0.15, 0.2) is 30.3 Å². The predicted octanol–water partition coefficient (Wildman–Crippen LogP) is 1.64. The number of hydrogen-bond acceptors (Lipinski definition) is 3. The summed E-state index contributed by atoms with van der Waals surface area (Å²) in [6.07, 6.45) is 1.08. The van der Waals surface area contributed by atoms with Gasteiger partial charge in [-0.3, -0.25) is 4.79 Å². The Morgan fingerprint density at radius 2 is 2.00 bits per heavy atom. The zero-order valence-electron chi connectivity index (χ0n) is 10.3. The fraction of sp³-hybridized carbons (Fsp3) is 0.462. The van der Waals surface area contributed by atoms with Gasteiger partial charge in [0, 0.05) is 20.0 Å². The average Bonchev–Trinajstić information content (AvgIpc) is 2.65. The van der Waals surface area contributed by atoms with Gasteiger partial charge in [-0.05, 0) is 25.5 Å². The molecule has 17 heavy (non-hydrogen) atoms. The van der Waals surface area contributed by atoms with E-state index in [1.54, 1.807) is 24.0 Å². The summed E-state index contributed by atoms with van der Waals surface area (Å²) in [6.45, 7) is 2.53. The first-order chi connectivity index (χ1) is 8.09. The van der Waals surface area contributed by atoms with Gasteiger partial charge in [-0.15, -0.1) is 0 Å². The van der Waals surface area contributed by atoms with Gasteiger partial charge in [-0.1, -0.05) is 18.2 Å². The maximum atomic E-state index is 10.5. The molecule has 1 atom stereocenters. The van der Waals surface area contributed by atoms with Crippen LogP contribution in [0.5, 0.6) is 5.75 Å². The molecule has 1 amide bonds. The van der Waals surface area contributed by atoms with Crippen LogP contribution in [0.4, 0.5) is 0 Å². The number of benzene rings is 1. The molecule has 0 aliphatic carbocycles. The van der Waals surface area contributed by atoms with Gasteiger partial charge in [0.05, 0.1) is 0 Å². The third-order valence-electron chi connectivity index (χ3n) is 2.36. The summed E-state index contributed by atoms with van der Waals surface area (Å²) in [5.74, 6) is 0.984. The lowest BCUT2D eigenvalue weighted by Crippen LogP contribution is -2.17. The summed E-state index contributed by atoms with van der Waals surface area (Å²) in [7, 11) is 1.84. The molecule has 0 bridgehead atoms. The van der Waals surface area contributed by atoms with Crippen LogP contribution in [0, 0.1) is 0 Å². The minimum atomic E-state index is -0.734. The Kier molecular flexibility index (Phi) is 5.49. The van der Waals surface area contributed by atoms with Crippen molar-refractivity contribution < 1.29 is 14.6 Å². The average molecular weight is 237 g/mol. The van der Waals surface area contributed by atoms with Crippen molar-refractivity contribution in [3.8, 4) is 5.75 Å². The van der Waals surface area contributed by atoms with Crippen molar-refractivity contribution in [1.29, 1.82) is 0 Å². The fourth-order valence-corrected chi connectivity index (χ4v) is 1.48. The zero-order chi connectivity index (χ0) is 12.7. The van der Waals surface area contributed by atoms with E-state index in [4.69, 9.17) is 9.84 Å². The molecule has 0 radical (unpaired) electrons. The van der Waals surface area contributed by atoms with Gasteiger partial charge in [-0.25, -0.2) is 0 Å². The van der Waals surface area contributed by atoms with Gasteiger partial charge < -0.3 is 14.7 Å². The molecular weight excluding hydrogens is 218 g/mol. The van der Waals surface area contributed by atoms with Crippen molar-refractivity contribution in [1.82, 2.24) is 4.90 Å². The second kappa shape index (κ2) is 6.91. The highest BCUT2D eigenvalue weighted by Crippen LogP contribution is 2.09. The lowest BCUT2D eigenvalue weighted by molar-refractivity contribution is -0.126. The first-order valence-electron chi connectivity index (χ1n) is 5.73. The minimum Gasteiger partial charge on any atom is -0.465 e. The molecule has 1 heterocycles. The maximum Gasteiger partial charge on any atom is 0.222 e. The van der Waals surface area contributed by atoms with Crippen molar-refractivity contribution in [2.45, 2.75) is 26.1 Å². The van der Waals surface area contributed by atoms with Crippen molar-refractivity contribution in [3.05, 3.63) is 30.3 Å². The lowest BCUT2D eigenvalue weighted by Gasteiger charge is -2.06. The molecule has 0 aromatic heterocycles. The van der Waals surface area contributed by atoms with Crippen LogP contribution in [0.3, 0.4) is 0 Å². The van der Waals surface area contributed by atoms with Crippen molar-refractivity contribution in [2.24, 2.45) is 0 Å². The van der Waals surface area contributed by atoms with Gasteiger partial charge in [-0.2, -0.15) is 0 Å². The van der Waals surface area contributed by atoms with Gasteiger partial charge in [0.25, 0.3) is 0 Å². The Hall–Kier alpha value is -1.55. The summed E-state index contributed by atoms with van der Waals surface area (Å²) < 4.78 is 4.97. The van der Waals surface area contributed by atoms with E-state index in [0.29, 0.717) is 11.7 Å². The van der Waals surface area contributed by atoms with Gasteiger partial charge in [0.15, 0.2) is 6.29 Å². The number of carbonyl (C=O) groups is 1. The van der Waals surface area contributed by atoms with Crippen molar-refractivity contribution in [2.75, 3.05) is 13.6 Å². The third-order valence-corrected chi connectivity index (χ3v) is 2.36. The normalized spacial score (nSPS) is 16.2. The van der Waals surface area contributed by atoms with E-state index in [9.17, 15) is 4.79 Å². The number of ether oxygens (including phenoxy) is 1. The summed E-state index contributed by atoms with van der Waals surface area (Å²) in [6, 6.07) is 9.21. The molecule has 1 aromatic rings. The molecule has 4 nitrogen and oxygen atoms in total. The third kappa shape index (κ3) is 5.36. The molecule has 1 aliphatic rings. The van der Waals surface area contributed by atoms with Crippen molar-refractivity contribution in [3.63, 3.8) is 0 Å². The standard InChI is InChI=1S/C8H10O2.C5H9NO/c1-7(9)10-8-5-3-2-4-6-8;1-6-4-2-3-5(6)7/h2-7,9H,1H3;2-4H2,1H3. The molecule has 1 aliphatic heterocycles. The highest BCUT2D eigenvalue weighted by Gasteiger charge is 2.14. The fourth-order valence-electron chi connectivity index (χ4n) is 1.48. The lowest BCUT2D eigenvalue weighted by atomic mass is 10.3. The smallest absolute Gasteiger partial charge is 0.222 e. The van der Waals surface area contributed by atoms with Crippen LogP contribution in [0.1, 0.15) is 19.8 Å². The number of rotatable bonds is 2. The number of para-hydroxylation sites is 1. The summed E-state index contributed by atoms with van der Waals surface area (Å²) in [5, 5.41) is 8.78. The molecule has 1 unspecified atom stereocenters. The Morgan fingerprint density at radius 1 is 1.35 bits per heavy atom. The summed E-state index contributed by atoms with van der Waals surface area (Å²) in [4.78, 5) is 12.3.